The van der Waals surface area contributed by atoms with Crippen LogP contribution in [0.2, 0.25) is 0 Å². The van der Waals surface area contributed by atoms with Crippen molar-refractivity contribution in [1.82, 2.24) is 0 Å². The number of hydrogen-bond acceptors (Lipinski definition) is 4. The largest absolute Gasteiger partial charge is 0.293 e. The van der Waals surface area contributed by atoms with Gasteiger partial charge in [0.1, 0.15) is 5.40 Å². The fourth-order valence-electron chi connectivity index (χ4n) is 1.12. The molecule has 1 atom stereocenters. The summed E-state index contributed by atoms with van der Waals surface area (Å²) in [4.78, 5) is 11.9. The van der Waals surface area contributed by atoms with Crippen LogP contribution in [0.5, 0.6) is 0 Å². The minimum atomic E-state index is -0.241. The van der Waals surface area contributed by atoms with Crippen molar-refractivity contribution >= 4 is 28.9 Å². The Bertz CT molecular complexity index is 338. The average Bonchev–Trinajstić information content (AvgIpc) is 2.65. The lowest BCUT2D eigenvalue weighted by molar-refractivity contribution is 0.0976. The number of nitriles is 1. The smallest absolute Gasteiger partial charge is 0.177 e. The Morgan fingerprint density at radius 3 is 2.79 bits per heavy atom. The van der Waals surface area contributed by atoms with Gasteiger partial charge in [0, 0.05) is 10.9 Å². The van der Waals surface area contributed by atoms with Crippen LogP contribution in [-0.4, -0.2) is 11.0 Å². The number of nitrogens with zero attached hydrogens (tertiary/aromatic N) is 1. The second kappa shape index (κ2) is 5.18. The SMILES string of the molecule is CC(C)C(SC#N)C(=O)c1ccsc1. The molecule has 0 amide bonds. The molecule has 14 heavy (non-hydrogen) atoms. The summed E-state index contributed by atoms with van der Waals surface area (Å²) in [6.07, 6.45) is 0. The minimum absolute atomic E-state index is 0.0628. The molecular formula is C10H11NOS2. The Morgan fingerprint density at radius 2 is 2.36 bits per heavy atom. The molecule has 0 aromatic carbocycles. The molecule has 0 fully saturated rings. The van der Waals surface area contributed by atoms with Crippen LogP contribution in [0, 0.1) is 16.6 Å². The third kappa shape index (κ3) is 2.60. The molecule has 0 saturated carbocycles. The van der Waals surface area contributed by atoms with Gasteiger partial charge in [0.25, 0.3) is 0 Å². The van der Waals surface area contributed by atoms with Crippen LogP contribution in [0.4, 0.5) is 0 Å². The lowest BCUT2D eigenvalue weighted by atomic mass is 10.0. The normalized spacial score (nSPS) is 12.4. The minimum Gasteiger partial charge on any atom is -0.293 e. The lowest BCUT2D eigenvalue weighted by Gasteiger charge is -2.14. The number of thiocyanates is 1. The second-order valence-corrected chi connectivity index (χ2v) is 4.96. The number of thiophene rings is 1. The summed E-state index contributed by atoms with van der Waals surface area (Å²) >= 11 is 2.55. The molecule has 1 rings (SSSR count). The van der Waals surface area contributed by atoms with Crippen LogP contribution in [0.25, 0.3) is 0 Å². The quantitative estimate of drug-likeness (QED) is 0.583. The Hall–Kier alpha value is -0.790. The van der Waals surface area contributed by atoms with Gasteiger partial charge in [-0.3, -0.25) is 4.79 Å². The zero-order valence-electron chi connectivity index (χ0n) is 8.06. The van der Waals surface area contributed by atoms with Gasteiger partial charge >= 0.3 is 0 Å². The summed E-state index contributed by atoms with van der Waals surface area (Å²) in [5.74, 6) is 0.250. The Kier molecular flexibility index (Phi) is 4.18. The van der Waals surface area contributed by atoms with Gasteiger partial charge in [-0.25, -0.2) is 0 Å². The summed E-state index contributed by atoms with van der Waals surface area (Å²) in [5, 5.41) is 14.1. The van der Waals surface area contributed by atoms with E-state index in [1.54, 1.807) is 6.07 Å². The van der Waals surface area contributed by atoms with E-state index < -0.39 is 0 Å². The summed E-state index contributed by atoms with van der Waals surface area (Å²) in [6.45, 7) is 3.92. The molecule has 0 spiro atoms. The van der Waals surface area contributed by atoms with E-state index >= 15 is 0 Å². The highest BCUT2D eigenvalue weighted by Crippen LogP contribution is 2.23. The summed E-state index contributed by atoms with van der Waals surface area (Å²) in [7, 11) is 0. The van der Waals surface area contributed by atoms with Crippen LogP contribution >= 0.6 is 23.1 Å². The first-order valence-electron chi connectivity index (χ1n) is 4.28. The first-order chi connectivity index (χ1) is 6.66. The number of rotatable bonds is 4. The first kappa shape index (κ1) is 11.3. The average molecular weight is 225 g/mol. The number of carbonyl (C=O) groups is 1. The van der Waals surface area contributed by atoms with Crippen molar-refractivity contribution in [3.05, 3.63) is 22.4 Å². The zero-order chi connectivity index (χ0) is 10.6. The van der Waals surface area contributed by atoms with Gasteiger partial charge in [-0.05, 0) is 29.1 Å². The van der Waals surface area contributed by atoms with E-state index in [1.807, 2.05) is 30.0 Å². The van der Waals surface area contributed by atoms with Crippen LogP contribution < -0.4 is 0 Å². The lowest BCUT2D eigenvalue weighted by Crippen LogP contribution is -2.22. The van der Waals surface area contributed by atoms with Gasteiger partial charge in [-0.1, -0.05) is 13.8 Å². The van der Waals surface area contributed by atoms with Crippen molar-refractivity contribution in [2.45, 2.75) is 19.1 Å². The number of carbonyl (C=O) groups excluding carboxylic acids is 1. The molecule has 0 aliphatic rings. The fraction of sp³-hybridized carbons (Fsp3) is 0.400. The van der Waals surface area contributed by atoms with Crippen molar-refractivity contribution < 1.29 is 4.79 Å². The highest BCUT2D eigenvalue weighted by molar-refractivity contribution is 8.05. The van der Waals surface area contributed by atoms with E-state index in [0.717, 1.165) is 17.3 Å². The molecule has 1 unspecified atom stereocenters. The molecule has 0 aliphatic carbocycles. The molecule has 4 heteroatoms. The third-order valence-electron chi connectivity index (χ3n) is 1.85. The fourth-order valence-corrected chi connectivity index (χ4v) is 2.39. The summed E-state index contributed by atoms with van der Waals surface area (Å²) in [6, 6.07) is 1.81. The second-order valence-electron chi connectivity index (χ2n) is 3.25. The van der Waals surface area contributed by atoms with Gasteiger partial charge < -0.3 is 0 Å². The van der Waals surface area contributed by atoms with E-state index in [4.69, 9.17) is 5.26 Å². The van der Waals surface area contributed by atoms with E-state index in [-0.39, 0.29) is 17.0 Å². The van der Waals surface area contributed by atoms with Crippen molar-refractivity contribution in [1.29, 1.82) is 5.26 Å². The van der Waals surface area contributed by atoms with Crippen LogP contribution in [-0.2, 0) is 0 Å². The van der Waals surface area contributed by atoms with E-state index in [0.29, 0.717) is 0 Å². The number of thioether (sulfide) groups is 1. The number of ketones is 1. The van der Waals surface area contributed by atoms with Crippen LogP contribution in [0.3, 0.4) is 0 Å². The van der Waals surface area contributed by atoms with Gasteiger partial charge in [-0.15, -0.1) is 0 Å². The molecule has 1 aromatic heterocycles. The van der Waals surface area contributed by atoms with Crippen molar-refractivity contribution in [3.8, 4) is 5.40 Å². The molecular weight excluding hydrogens is 214 g/mol. The van der Waals surface area contributed by atoms with Gasteiger partial charge in [0.15, 0.2) is 5.78 Å². The van der Waals surface area contributed by atoms with Crippen LogP contribution in [0.1, 0.15) is 24.2 Å². The zero-order valence-corrected chi connectivity index (χ0v) is 9.69. The molecule has 0 saturated heterocycles. The molecule has 0 bridgehead atoms. The number of Topliss-reactive ketones (excluding diaryl/α,β-unsaturated/α-hetero) is 1. The molecule has 74 valence electrons. The molecule has 1 heterocycles. The Morgan fingerprint density at radius 1 is 1.64 bits per heavy atom. The maximum atomic E-state index is 11.9. The monoisotopic (exact) mass is 225 g/mol. The maximum Gasteiger partial charge on any atom is 0.177 e. The highest BCUT2D eigenvalue weighted by atomic mass is 32.2. The Balaban J connectivity index is 2.80. The molecule has 0 N–H and O–H groups in total. The topological polar surface area (TPSA) is 40.9 Å². The number of hydrogen-bond donors (Lipinski definition) is 0. The molecule has 0 radical (unpaired) electrons. The molecule has 0 aliphatic heterocycles. The predicted molar refractivity (Wildman–Crippen MR) is 60.5 cm³/mol. The van der Waals surface area contributed by atoms with Gasteiger partial charge in [0.2, 0.25) is 0 Å². The highest BCUT2D eigenvalue weighted by Gasteiger charge is 2.24. The van der Waals surface area contributed by atoms with Gasteiger partial charge in [-0.2, -0.15) is 16.6 Å². The maximum absolute atomic E-state index is 11.9. The van der Waals surface area contributed by atoms with Crippen molar-refractivity contribution in [2.75, 3.05) is 0 Å². The van der Waals surface area contributed by atoms with Crippen molar-refractivity contribution in [2.24, 2.45) is 5.92 Å². The standard InChI is InChI=1S/C10H11NOS2/c1-7(2)10(14-6-11)9(12)8-3-4-13-5-8/h3-5,7,10H,1-2H3. The van der Waals surface area contributed by atoms with E-state index in [1.165, 1.54) is 11.3 Å². The predicted octanol–water partition coefficient (Wildman–Crippen LogP) is 3.17. The summed E-state index contributed by atoms with van der Waals surface area (Å²) in [5.41, 5.74) is 0.719. The van der Waals surface area contributed by atoms with Crippen molar-refractivity contribution in [3.63, 3.8) is 0 Å². The molecule has 2 nitrogen and oxygen atoms in total. The van der Waals surface area contributed by atoms with Crippen LogP contribution in [0.15, 0.2) is 16.8 Å². The summed E-state index contributed by atoms with van der Waals surface area (Å²) < 4.78 is 0. The van der Waals surface area contributed by atoms with Gasteiger partial charge in [0.05, 0.1) is 5.25 Å². The first-order valence-corrected chi connectivity index (χ1v) is 6.10. The molecule has 1 aromatic rings. The Labute approximate surface area is 91.9 Å². The third-order valence-corrected chi connectivity index (χ3v) is 3.65. The van der Waals surface area contributed by atoms with E-state index in [9.17, 15) is 4.79 Å². The van der Waals surface area contributed by atoms with E-state index in [2.05, 4.69) is 0 Å².